The van der Waals surface area contributed by atoms with Gasteiger partial charge in [-0.25, -0.2) is 0 Å². The Kier molecular flexibility index (Phi) is 5.08. The normalized spacial score (nSPS) is 14.4. The van der Waals surface area contributed by atoms with Crippen LogP contribution in [-0.4, -0.2) is 18.0 Å². The van der Waals surface area contributed by atoms with Gasteiger partial charge in [0, 0.05) is 22.6 Å². The molecule has 1 N–H and O–H groups in total. The van der Waals surface area contributed by atoms with E-state index in [1.54, 1.807) is 12.1 Å². The van der Waals surface area contributed by atoms with Gasteiger partial charge in [0.2, 0.25) is 0 Å². The molecule has 0 spiro atoms. The van der Waals surface area contributed by atoms with E-state index < -0.39 is 0 Å². The minimum atomic E-state index is -0.381. The van der Waals surface area contributed by atoms with Crippen LogP contribution < -0.4 is 5.32 Å². The number of nitro benzene ring substituents is 1. The Bertz CT molecular complexity index is 409. The van der Waals surface area contributed by atoms with Crippen molar-refractivity contribution in [3.63, 3.8) is 0 Å². The number of non-ortho nitro benzene ring substituents is 1. The lowest BCUT2D eigenvalue weighted by molar-refractivity contribution is -0.384. The Morgan fingerprint density at radius 1 is 1.47 bits per heavy atom. The van der Waals surface area contributed by atoms with E-state index in [0.717, 1.165) is 16.5 Å². The van der Waals surface area contributed by atoms with Crippen LogP contribution in [0.3, 0.4) is 0 Å². The second kappa shape index (κ2) is 6.12. The quantitative estimate of drug-likeness (QED) is 0.671. The van der Waals surface area contributed by atoms with Gasteiger partial charge in [0.25, 0.3) is 5.69 Å². The molecule has 0 saturated carbocycles. The lowest BCUT2D eigenvalue weighted by Crippen LogP contribution is -2.29. The molecular weight excluding hydrogens is 284 g/mol. The lowest BCUT2D eigenvalue weighted by atomic mass is 9.95. The first-order chi connectivity index (χ1) is 7.95. The molecule has 4 nitrogen and oxygen atoms in total. The van der Waals surface area contributed by atoms with E-state index >= 15 is 0 Å². The zero-order valence-corrected chi connectivity index (χ0v) is 11.8. The first-order valence-electron chi connectivity index (χ1n) is 5.55. The number of nitro groups is 1. The van der Waals surface area contributed by atoms with E-state index in [9.17, 15) is 10.1 Å². The molecule has 2 unspecified atom stereocenters. The average Bonchev–Trinajstić information content (AvgIpc) is 2.30. The third-order valence-corrected chi connectivity index (χ3v) is 3.84. The zero-order valence-electron chi connectivity index (χ0n) is 10.2. The van der Waals surface area contributed by atoms with Crippen LogP contribution in [0.1, 0.15) is 19.4 Å². The van der Waals surface area contributed by atoms with Gasteiger partial charge in [-0.2, -0.15) is 0 Å². The van der Waals surface area contributed by atoms with E-state index in [2.05, 4.69) is 35.1 Å². The Hall–Kier alpha value is -0.940. The molecule has 17 heavy (non-hydrogen) atoms. The van der Waals surface area contributed by atoms with Gasteiger partial charge in [-0.1, -0.05) is 28.9 Å². The summed E-state index contributed by atoms with van der Waals surface area (Å²) in [4.78, 5) is 10.2. The second-order valence-electron chi connectivity index (χ2n) is 4.29. The molecule has 0 saturated heterocycles. The standard InChI is InChI=1S/C12H17BrN2O2/c1-8(9(2)14-3)6-10-4-5-11(15(16)17)7-12(10)13/h4-5,7-9,14H,6H2,1-3H3. The number of hydrogen-bond acceptors (Lipinski definition) is 3. The smallest absolute Gasteiger partial charge is 0.270 e. The Morgan fingerprint density at radius 2 is 2.12 bits per heavy atom. The maximum atomic E-state index is 10.6. The molecule has 1 aromatic rings. The minimum Gasteiger partial charge on any atom is -0.317 e. The number of benzene rings is 1. The Morgan fingerprint density at radius 3 is 2.59 bits per heavy atom. The predicted molar refractivity (Wildman–Crippen MR) is 72.2 cm³/mol. The fourth-order valence-corrected chi connectivity index (χ4v) is 2.15. The lowest BCUT2D eigenvalue weighted by Gasteiger charge is -2.19. The molecule has 1 aromatic carbocycles. The van der Waals surface area contributed by atoms with Crippen LogP contribution in [0.4, 0.5) is 5.69 Å². The van der Waals surface area contributed by atoms with Gasteiger partial charge in [0.1, 0.15) is 0 Å². The number of halogens is 1. The molecule has 0 radical (unpaired) electrons. The van der Waals surface area contributed by atoms with E-state index in [1.807, 2.05) is 13.1 Å². The van der Waals surface area contributed by atoms with Crippen molar-refractivity contribution in [1.29, 1.82) is 0 Å². The average molecular weight is 301 g/mol. The van der Waals surface area contributed by atoms with Gasteiger partial charge in [-0.3, -0.25) is 10.1 Å². The second-order valence-corrected chi connectivity index (χ2v) is 5.15. The maximum Gasteiger partial charge on any atom is 0.270 e. The zero-order chi connectivity index (χ0) is 13.0. The van der Waals surface area contributed by atoms with Crippen molar-refractivity contribution in [1.82, 2.24) is 5.32 Å². The summed E-state index contributed by atoms with van der Waals surface area (Å²) in [5.74, 6) is 0.470. The molecule has 1 rings (SSSR count). The molecule has 94 valence electrons. The van der Waals surface area contributed by atoms with Crippen molar-refractivity contribution < 1.29 is 4.92 Å². The molecule has 0 heterocycles. The first kappa shape index (κ1) is 14.1. The fraction of sp³-hybridized carbons (Fsp3) is 0.500. The highest BCUT2D eigenvalue weighted by atomic mass is 79.9. The van der Waals surface area contributed by atoms with Crippen LogP contribution in [0.5, 0.6) is 0 Å². The summed E-state index contributed by atoms with van der Waals surface area (Å²) in [7, 11) is 1.94. The highest BCUT2D eigenvalue weighted by Crippen LogP contribution is 2.25. The number of nitrogens with zero attached hydrogens (tertiary/aromatic N) is 1. The SMILES string of the molecule is CNC(C)C(C)Cc1ccc([N+](=O)[O-])cc1Br. The molecule has 0 aromatic heterocycles. The third kappa shape index (κ3) is 3.78. The van der Waals surface area contributed by atoms with E-state index in [1.165, 1.54) is 0 Å². The predicted octanol–water partition coefficient (Wildman–Crippen LogP) is 3.14. The van der Waals surface area contributed by atoms with Gasteiger partial charge in [-0.05, 0) is 31.9 Å². The van der Waals surface area contributed by atoms with Crippen LogP contribution in [0.2, 0.25) is 0 Å². The summed E-state index contributed by atoms with van der Waals surface area (Å²) in [6.07, 6.45) is 0.889. The van der Waals surface area contributed by atoms with Crippen LogP contribution in [0, 0.1) is 16.0 Å². The molecule has 5 heteroatoms. The summed E-state index contributed by atoms with van der Waals surface area (Å²) in [5, 5.41) is 13.8. The van der Waals surface area contributed by atoms with E-state index in [0.29, 0.717) is 12.0 Å². The molecule has 0 aliphatic rings. The molecular formula is C12H17BrN2O2. The highest BCUT2D eigenvalue weighted by molar-refractivity contribution is 9.10. The summed E-state index contributed by atoms with van der Waals surface area (Å²) < 4.78 is 0.807. The van der Waals surface area contributed by atoms with Crippen LogP contribution in [-0.2, 0) is 6.42 Å². The summed E-state index contributed by atoms with van der Waals surface area (Å²) in [5.41, 5.74) is 1.22. The third-order valence-electron chi connectivity index (χ3n) is 3.10. The van der Waals surface area contributed by atoms with E-state index in [-0.39, 0.29) is 10.6 Å². The summed E-state index contributed by atoms with van der Waals surface area (Å²) >= 11 is 3.39. The molecule has 0 aliphatic heterocycles. The van der Waals surface area contributed by atoms with E-state index in [4.69, 9.17) is 0 Å². The van der Waals surface area contributed by atoms with Crippen molar-refractivity contribution in [3.8, 4) is 0 Å². The Labute approximate surface area is 110 Å². The highest BCUT2D eigenvalue weighted by Gasteiger charge is 2.14. The summed E-state index contributed by atoms with van der Waals surface area (Å²) in [6, 6.07) is 5.35. The maximum absolute atomic E-state index is 10.6. The van der Waals surface area contributed by atoms with Crippen molar-refractivity contribution in [2.45, 2.75) is 26.3 Å². The largest absolute Gasteiger partial charge is 0.317 e. The topological polar surface area (TPSA) is 55.2 Å². The van der Waals surface area contributed by atoms with Crippen molar-refractivity contribution >= 4 is 21.6 Å². The minimum absolute atomic E-state index is 0.120. The van der Waals surface area contributed by atoms with Crippen molar-refractivity contribution in [2.24, 2.45) is 5.92 Å². The first-order valence-corrected chi connectivity index (χ1v) is 6.35. The molecule has 0 fully saturated rings. The van der Waals surface area contributed by atoms with Gasteiger partial charge >= 0.3 is 0 Å². The van der Waals surface area contributed by atoms with Crippen LogP contribution in [0.25, 0.3) is 0 Å². The summed E-state index contributed by atoms with van der Waals surface area (Å²) in [6.45, 7) is 4.29. The van der Waals surface area contributed by atoms with Crippen LogP contribution in [0.15, 0.2) is 22.7 Å². The van der Waals surface area contributed by atoms with Crippen molar-refractivity contribution in [2.75, 3.05) is 7.05 Å². The molecule has 0 amide bonds. The number of hydrogen-bond donors (Lipinski definition) is 1. The molecule has 2 atom stereocenters. The van der Waals surface area contributed by atoms with Gasteiger partial charge in [0.05, 0.1) is 4.92 Å². The number of nitrogens with one attached hydrogen (secondary N) is 1. The fourth-order valence-electron chi connectivity index (χ4n) is 1.62. The monoisotopic (exact) mass is 300 g/mol. The Balaban J connectivity index is 2.82. The molecule has 0 bridgehead atoms. The van der Waals surface area contributed by atoms with Crippen molar-refractivity contribution in [3.05, 3.63) is 38.3 Å². The van der Waals surface area contributed by atoms with Gasteiger partial charge < -0.3 is 5.32 Å². The molecule has 0 aliphatic carbocycles. The van der Waals surface area contributed by atoms with Gasteiger partial charge in [0.15, 0.2) is 0 Å². The number of rotatable bonds is 5. The van der Waals surface area contributed by atoms with Crippen LogP contribution >= 0.6 is 15.9 Å². The van der Waals surface area contributed by atoms with Gasteiger partial charge in [-0.15, -0.1) is 0 Å².